The van der Waals surface area contributed by atoms with Gasteiger partial charge in [-0.2, -0.15) is 0 Å². The number of piperidine rings is 1. The third-order valence-corrected chi connectivity index (χ3v) is 4.20. The lowest BCUT2D eigenvalue weighted by molar-refractivity contribution is 0.127. The molecule has 0 saturated carbocycles. The standard InChI is InChI=1S/C17H25F2N/c1-13(2)6-8-15-5-3-4-10-20(15)12-14-7-9-16(18)17(19)11-14/h7,9,11,13,15H,3-6,8,10,12H2,1-2H3. The van der Waals surface area contributed by atoms with Gasteiger partial charge in [0.15, 0.2) is 11.6 Å². The minimum absolute atomic E-state index is 0.597. The van der Waals surface area contributed by atoms with Gasteiger partial charge < -0.3 is 0 Å². The van der Waals surface area contributed by atoms with Crippen LogP contribution in [-0.2, 0) is 6.54 Å². The zero-order valence-electron chi connectivity index (χ0n) is 12.5. The zero-order chi connectivity index (χ0) is 14.5. The van der Waals surface area contributed by atoms with E-state index < -0.39 is 11.6 Å². The second-order valence-electron chi connectivity index (χ2n) is 6.34. The molecule has 1 aromatic rings. The highest BCUT2D eigenvalue weighted by Crippen LogP contribution is 2.24. The van der Waals surface area contributed by atoms with Crippen LogP contribution >= 0.6 is 0 Å². The van der Waals surface area contributed by atoms with E-state index in [9.17, 15) is 8.78 Å². The molecule has 1 unspecified atom stereocenters. The maximum atomic E-state index is 13.3. The molecule has 1 heterocycles. The summed E-state index contributed by atoms with van der Waals surface area (Å²) in [7, 11) is 0. The van der Waals surface area contributed by atoms with E-state index in [1.54, 1.807) is 6.07 Å². The van der Waals surface area contributed by atoms with Crippen LogP contribution < -0.4 is 0 Å². The number of benzene rings is 1. The first-order valence-corrected chi connectivity index (χ1v) is 7.74. The molecule has 0 bridgehead atoms. The summed E-state index contributed by atoms with van der Waals surface area (Å²) in [5.74, 6) is -0.774. The molecule has 0 N–H and O–H groups in total. The molecule has 112 valence electrons. The Kier molecular flexibility index (Phi) is 5.53. The molecule has 3 heteroatoms. The summed E-state index contributed by atoms with van der Waals surface area (Å²) < 4.78 is 26.3. The van der Waals surface area contributed by atoms with Crippen LogP contribution in [0.2, 0.25) is 0 Å². The monoisotopic (exact) mass is 281 g/mol. The number of nitrogens with zero attached hydrogens (tertiary/aromatic N) is 1. The molecule has 0 radical (unpaired) electrons. The van der Waals surface area contributed by atoms with Crippen LogP contribution in [0.15, 0.2) is 18.2 Å². The van der Waals surface area contributed by atoms with Crippen LogP contribution in [0, 0.1) is 17.6 Å². The molecule has 1 nitrogen and oxygen atoms in total. The molecule has 0 aliphatic carbocycles. The topological polar surface area (TPSA) is 3.24 Å². The molecule has 0 amide bonds. The van der Waals surface area contributed by atoms with Gasteiger partial charge in [-0.1, -0.05) is 26.3 Å². The van der Waals surface area contributed by atoms with Gasteiger partial charge in [-0.15, -0.1) is 0 Å². The van der Waals surface area contributed by atoms with Gasteiger partial charge in [-0.05, 0) is 55.8 Å². The highest BCUT2D eigenvalue weighted by molar-refractivity contribution is 5.17. The summed E-state index contributed by atoms with van der Waals surface area (Å²) in [4.78, 5) is 2.44. The average molecular weight is 281 g/mol. The predicted molar refractivity (Wildman–Crippen MR) is 78.5 cm³/mol. The highest BCUT2D eigenvalue weighted by atomic mass is 19.2. The number of hydrogen-bond acceptors (Lipinski definition) is 1. The van der Waals surface area contributed by atoms with Crippen molar-refractivity contribution >= 4 is 0 Å². The Balaban J connectivity index is 1.98. The van der Waals surface area contributed by atoms with E-state index in [0.29, 0.717) is 6.04 Å². The van der Waals surface area contributed by atoms with Crippen molar-refractivity contribution in [2.24, 2.45) is 5.92 Å². The third kappa shape index (κ3) is 4.27. The van der Waals surface area contributed by atoms with E-state index in [-0.39, 0.29) is 0 Å². The van der Waals surface area contributed by atoms with Crippen molar-refractivity contribution in [3.8, 4) is 0 Å². The molecular weight excluding hydrogens is 256 g/mol. The van der Waals surface area contributed by atoms with Crippen molar-refractivity contribution in [2.75, 3.05) is 6.54 Å². The quantitative estimate of drug-likeness (QED) is 0.752. The average Bonchev–Trinajstić information content (AvgIpc) is 2.42. The Hall–Kier alpha value is -0.960. The summed E-state index contributed by atoms with van der Waals surface area (Å²) in [5.41, 5.74) is 0.875. The van der Waals surface area contributed by atoms with Crippen LogP contribution in [0.1, 0.15) is 51.5 Å². The summed E-state index contributed by atoms with van der Waals surface area (Å²) in [6, 6.07) is 4.87. The predicted octanol–water partition coefficient (Wildman–Crippen LogP) is 4.76. The van der Waals surface area contributed by atoms with Crippen LogP contribution in [-0.4, -0.2) is 17.5 Å². The van der Waals surface area contributed by atoms with Crippen molar-refractivity contribution in [2.45, 2.75) is 58.5 Å². The lowest BCUT2D eigenvalue weighted by Crippen LogP contribution is -2.39. The van der Waals surface area contributed by atoms with Gasteiger partial charge >= 0.3 is 0 Å². The van der Waals surface area contributed by atoms with Gasteiger partial charge in [-0.3, -0.25) is 4.90 Å². The van der Waals surface area contributed by atoms with Crippen molar-refractivity contribution in [1.29, 1.82) is 0 Å². The maximum absolute atomic E-state index is 13.3. The third-order valence-electron chi connectivity index (χ3n) is 4.20. The molecule has 1 aliphatic heterocycles. The molecule has 1 fully saturated rings. The Morgan fingerprint density at radius 1 is 1.20 bits per heavy atom. The number of halogens is 2. The molecule has 2 rings (SSSR count). The molecular formula is C17H25F2N. The van der Waals surface area contributed by atoms with E-state index in [2.05, 4.69) is 18.7 Å². The minimum atomic E-state index is -0.760. The summed E-state index contributed by atoms with van der Waals surface area (Å²) in [6.07, 6.45) is 6.18. The van der Waals surface area contributed by atoms with E-state index >= 15 is 0 Å². The fraction of sp³-hybridized carbons (Fsp3) is 0.647. The van der Waals surface area contributed by atoms with Gasteiger partial charge in [0.2, 0.25) is 0 Å². The number of hydrogen-bond donors (Lipinski definition) is 0. The van der Waals surface area contributed by atoms with Crippen molar-refractivity contribution < 1.29 is 8.78 Å². The van der Waals surface area contributed by atoms with Crippen LogP contribution in [0.25, 0.3) is 0 Å². The van der Waals surface area contributed by atoms with Gasteiger partial charge in [0.1, 0.15) is 0 Å². The molecule has 1 atom stereocenters. The van der Waals surface area contributed by atoms with Crippen molar-refractivity contribution in [1.82, 2.24) is 4.90 Å². The summed E-state index contributed by atoms with van der Waals surface area (Å²) in [6.45, 7) is 6.31. The Bertz CT molecular complexity index is 431. The number of likely N-dealkylation sites (tertiary alicyclic amines) is 1. The van der Waals surface area contributed by atoms with E-state index in [0.717, 1.165) is 24.6 Å². The Morgan fingerprint density at radius 2 is 2.00 bits per heavy atom. The molecule has 0 spiro atoms. The molecule has 1 saturated heterocycles. The van der Waals surface area contributed by atoms with Crippen LogP contribution in [0.3, 0.4) is 0 Å². The second kappa shape index (κ2) is 7.16. The first kappa shape index (κ1) is 15.4. The number of rotatable bonds is 5. The molecule has 1 aromatic carbocycles. The Morgan fingerprint density at radius 3 is 2.70 bits per heavy atom. The van der Waals surface area contributed by atoms with Gasteiger partial charge in [0.05, 0.1) is 0 Å². The molecule has 1 aliphatic rings. The Labute approximate surface area is 121 Å². The second-order valence-corrected chi connectivity index (χ2v) is 6.34. The molecule has 20 heavy (non-hydrogen) atoms. The van der Waals surface area contributed by atoms with Gasteiger partial charge in [-0.25, -0.2) is 8.78 Å². The lowest BCUT2D eigenvalue weighted by Gasteiger charge is -2.36. The van der Waals surface area contributed by atoms with E-state index in [1.807, 2.05) is 0 Å². The first-order valence-electron chi connectivity index (χ1n) is 7.74. The lowest BCUT2D eigenvalue weighted by atomic mass is 9.94. The first-order chi connectivity index (χ1) is 9.56. The largest absolute Gasteiger partial charge is 0.296 e. The summed E-state index contributed by atoms with van der Waals surface area (Å²) >= 11 is 0. The molecule has 0 aromatic heterocycles. The zero-order valence-corrected chi connectivity index (χ0v) is 12.5. The van der Waals surface area contributed by atoms with Crippen LogP contribution in [0.4, 0.5) is 8.78 Å². The normalized spacial score (nSPS) is 20.6. The van der Waals surface area contributed by atoms with Gasteiger partial charge in [0.25, 0.3) is 0 Å². The fourth-order valence-corrected chi connectivity index (χ4v) is 2.99. The smallest absolute Gasteiger partial charge is 0.159 e. The van der Waals surface area contributed by atoms with E-state index in [4.69, 9.17) is 0 Å². The van der Waals surface area contributed by atoms with E-state index in [1.165, 1.54) is 44.2 Å². The van der Waals surface area contributed by atoms with Gasteiger partial charge in [0, 0.05) is 12.6 Å². The minimum Gasteiger partial charge on any atom is -0.296 e. The van der Waals surface area contributed by atoms with Crippen molar-refractivity contribution in [3.63, 3.8) is 0 Å². The maximum Gasteiger partial charge on any atom is 0.159 e. The fourth-order valence-electron chi connectivity index (χ4n) is 2.99. The summed E-state index contributed by atoms with van der Waals surface area (Å²) in [5, 5.41) is 0. The van der Waals surface area contributed by atoms with Crippen LogP contribution in [0.5, 0.6) is 0 Å². The van der Waals surface area contributed by atoms with Crippen molar-refractivity contribution in [3.05, 3.63) is 35.4 Å². The SMILES string of the molecule is CC(C)CCC1CCCCN1Cc1ccc(F)c(F)c1. The highest BCUT2D eigenvalue weighted by Gasteiger charge is 2.22.